The van der Waals surface area contributed by atoms with Crippen molar-refractivity contribution in [2.45, 2.75) is 12.8 Å². The fourth-order valence-electron chi connectivity index (χ4n) is 1.91. The third-order valence-electron chi connectivity index (χ3n) is 2.97. The highest BCUT2D eigenvalue weighted by Crippen LogP contribution is 2.13. The largest absolute Gasteiger partial charge is 0.376 e. The molecule has 1 aromatic carbocycles. The van der Waals surface area contributed by atoms with Crippen LogP contribution < -0.4 is 10.6 Å². The van der Waals surface area contributed by atoms with Crippen molar-refractivity contribution in [1.29, 1.82) is 0 Å². The summed E-state index contributed by atoms with van der Waals surface area (Å²) >= 11 is 11.8. The zero-order chi connectivity index (χ0) is 14.4. The summed E-state index contributed by atoms with van der Waals surface area (Å²) in [5.41, 5.74) is 1.65. The lowest BCUT2D eigenvalue weighted by atomic mass is 10.1. The molecule has 1 aliphatic rings. The van der Waals surface area contributed by atoms with Gasteiger partial charge in [-0.25, -0.2) is 0 Å². The van der Waals surface area contributed by atoms with Crippen molar-refractivity contribution < 1.29 is 4.79 Å². The van der Waals surface area contributed by atoms with E-state index in [2.05, 4.69) is 10.6 Å². The van der Waals surface area contributed by atoms with Crippen LogP contribution in [0.15, 0.2) is 47.1 Å². The molecule has 0 saturated heterocycles. The Morgan fingerprint density at radius 1 is 1.25 bits per heavy atom. The van der Waals surface area contributed by atoms with Crippen molar-refractivity contribution in [3.8, 4) is 0 Å². The Kier molecular flexibility index (Phi) is 5.50. The fraction of sp³-hybridized carbons (Fsp3) is 0.267. The summed E-state index contributed by atoms with van der Waals surface area (Å²) in [6.07, 6.45) is 5.38. The van der Waals surface area contributed by atoms with Crippen LogP contribution in [0.1, 0.15) is 12.0 Å². The van der Waals surface area contributed by atoms with Gasteiger partial charge >= 0.3 is 0 Å². The molecule has 0 radical (unpaired) electrons. The number of carbonyl (C=O) groups is 1. The van der Waals surface area contributed by atoms with Crippen LogP contribution in [0.25, 0.3) is 0 Å². The summed E-state index contributed by atoms with van der Waals surface area (Å²) in [6.45, 7) is 1.24. The second-order valence-electron chi connectivity index (χ2n) is 4.49. The predicted molar refractivity (Wildman–Crippen MR) is 82.8 cm³/mol. The summed E-state index contributed by atoms with van der Waals surface area (Å²) in [5.74, 6) is -0.157. The number of hydrogen-bond acceptors (Lipinski definition) is 2. The fourth-order valence-corrected chi connectivity index (χ4v) is 2.28. The monoisotopic (exact) mass is 310 g/mol. The van der Waals surface area contributed by atoms with Crippen LogP contribution in [-0.4, -0.2) is 19.0 Å². The van der Waals surface area contributed by atoms with Gasteiger partial charge in [-0.3, -0.25) is 4.79 Å². The lowest BCUT2D eigenvalue weighted by molar-refractivity contribution is -0.117. The molecule has 1 heterocycles. The zero-order valence-corrected chi connectivity index (χ0v) is 12.5. The van der Waals surface area contributed by atoms with Gasteiger partial charge in [-0.1, -0.05) is 41.4 Å². The Morgan fingerprint density at radius 2 is 2.00 bits per heavy atom. The second kappa shape index (κ2) is 7.36. The third kappa shape index (κ3) is 4.29. The van der Waals surface area contributed by atoms with Crippen LogP contribution in [0.3, 0.4) is 0 Å². The number of allylic oxidation sites excluding steroid dienone is 2. The number of carbonyl (C=O) groups excluding carboxylic acids is 1. The Morgan fingerprint density at radius 3 is 2.70 bits per heavy atom. The lowest BCUT2D eigenvalue weighted by Crippen LogP contribution is -2.34. The van der Waals surface area contributed by atoms with Crippen molar-refractivity contribution in [2.75, 3.05) is 13.1 Å². The topological polar surface area (TPSA) is 41.1 Å². The van der Waals surface area contributed by atoms with Crippen molar-refractivity contribution in [3.05, 3.63) is 57.7 Å². The maximum absolute atomic E-state index is 11.9. The molecule has 106 valence electrons. The molecule has 0 bridgehead atoms. The summed E-state index contributed by atoms with van der Waals surface area (Å²) in [5, 5.41) is 7.01. The summed E-state index contributed by atoms with van der Waals surface area (Å²) in [7, 11) is 0. The Hall–Kier alpha value is -1.45. The Labute approximate surface area is 128 Å². The van der Waals surface area contributed by atoms with Gasteiger partial charge in [0.1, 0.15) is 5.70 Å². The first-order chi connectivity index (χ1) is 9.66. The van der Waals surface area contributed by atoms with Crippen molar-refractivity contribution >= 4 is 29.1 Å². The number of nitrogens with one attached hydrogen (secondary N) is 2. The van der Waals surface area contributed by atoms with Crippen LogP contribution in [-0.2, 0) is 11.2 Å². The summed E-state index contributed by atoms with van der Waals surface area (Å²) in [6, 6.07) is 7.74. The van der Waals surface area contributed by atoms with E-state index >= 15 is 0 Å². The van der Waals surface area contributed by atoms with Gasteiger partial charge in [-0.05, 0) is 36.6 Å². The van der Waals surface area contributed by atoms with E-state index in [0.29, 0.717) is 23.8 Å². The first kappa shape index (κ1) is 14.9. The smallest absolute Gasteiger partial charge is 0.268 e. The van der Waals surface area contributed by atoms with Crippen LogP contribution in [0.2, 0.25) is 5.02 Å². The SMILES string of the molecule is O=C(NCCCc1ccc(Cl)cc1)C1=C(Cl)C=CCN1. The van der Waals surface area contributed by atoms with Crippen LogP contribution in [0.5, 0.6) is 0 Å². The minimum atomic E-state index is -0.157. The number of rotatable bonds is 5. The molecule has 0 atom stereocenters. The van der Waals surface area contributed by atoms with E-state index in [0.717, 1.165) is 17.9 Å². The van der Waals surface area contributed by atoms with Crippen molar-refractivity contribution in [1.82, 2.24) is 10.6 Å². The molecule has 0 fully saturated rings. The minimum Gasteiger partial charge on any atom is -0.376 e. The van der Waals surface area contributed by atoms with Crippen LogP contribution in [0, 0.1) is 0 Å². The highest BCUT2D eigenvalue weighted by molar-refractivity contribution is 6.33. The molecule has 0 aromatic heterocycles. The maximum Gasteiger partial charge on any atom is 0.268 e. The first-order valence-electron chi connectivity index (χ1n) is 6.49. The molecule has 5 heteroatoms. The molecule has 0 saturated carbocycles. The summed E-state index contributed by atoms with van der Waals surface area (Å²) < 4.78 is 0. The van der Waals surface area contributed by atoms with E-state index < -0.39 is 0 Å². The van der Waals surface area contributed by atoms with E-state index in [9.17, 15) is 4.79 Å². The van der Waals surface area contributed by atoms with Gasteiger partial charge in [0.05, 0.1) is 5.03 Å². The van der Waals surface area contributed by atoms with Gasteiger partial charge in [0.25, 0.3) is 5.91 Å². The quantitative estimate of drug-likeness (QED) is 0.821. The van der Waals surface area contributed by atoms with Gasteiger partial charge in [0, 0.05) is 18.1 Å². The number of halogens is 2. The molecule has 3 nitrogen and oxygen atoms in total. The third-order valence-corrected chi connectivity index (χ3v) is 3.53. The van der Waals surface area contributed by atoms with Gasteiger partial charge in [0.2, 0.25) is 0 Å². The predicted octanol–water partition coefficient (Wildman–Crippen LogP) is 3.00. The molecular formula is C15H16Cl2N2O. The van der Waals surface area contributed by atoms with Crippen LogP contribution >= 0.6 is 23.2 Å². The van der Waals surface area contributed by atoms with E-state index in [1.165, 1.54) is 5.56 Å². The molecule has 1 aromatic rings. The number of hydrogen-bond donors (Lipinski definition) is 2. The van der Waals surface area contributed by atoms with E-state index in [1.54, 1.807) is 6.08 Å². The van der Waals surface area contributed by atoms with Gasteiger partial charge in [-0.15, -0.1) is 0 Å². The number of amides is 1. The molecule has 0 spiro atoms. The number of dihydropyridines is 1. The van der Waals surface area contributed by atoms with Gasteiger partial charge in [-0.2, -0.15) is 0 Å². The van der Waals surface area contributed by atoms with Crippen molar-refractivity contribution in [3.63, 3.8) is 0 Å². The average Bonchev–Trinajstić information content (AvgIpc) is 2.46. The van der Waals surface area contributed by atoms with Gasteiger partial charge < -0.3 is 10.6 Å². The average molecular weight is 311 g/mol. The summed E-state index contributed by atoms with van der Waals surface area (Å²) in [4.78, 5) is 11.9. The number of benzene rings is 1. The maximum atomic E-state index is 11.9. The molecule has 0 aliphatic carbocycles. The Bertz CT molecular complexity index is 535. The standard InChI is InChI=1S/C15H16Cl2N2O/c16-12-7-5-11(6-8-12)3-1-10-19-15(20)14-13(17)4-2-9-18-14/h2,4-8,18H,1,3,9-10H2,(H,19,20). The van der Waals surface area contributed by atoms with E-state index in [1.807, 2.05) is 30.3 Å². The van der Waals surface area contributed by atoms with E-state index in [-0.39, 0.29) is 5.91 Å². The molecular weight excluding hydrogens is 295 g/mol. The molecule has 1 aliphatic heterocycles. The molecule has 2 N–H and O–H groups in total. The lowest BCUT2D eigenvalue weighted by Gasteiger charge is -2.14. The minimum absolute atomic E-state index is 0.157. The second-order valence-corrected chi connectivity index (χ2v) is 5.34. The van der Waals surface area contributed by atoms with Crippen LogP contribution in [0.4, 0.5) is 0 Å². The molecule has 2 rings (SSSR count). The van der Waals surface area contributed by atoms with Crippen molar-refractivity contribution in [2.24, 2.45) is 0 Å². The highest BCUT2D eigenvalue weighted by Gasteiger charge is 2.13. The number of aryl methyl sites for hydroxylation is 1. The highest BCUT2D eigenvalue weighted by atomic mass is 35.5. The molecule has 20 heavy (non-hydrogen) atoms. The Balaban J connectivity index is 1.74. The normalized spacial score (nSPS) is 14.1. The van der Waals surface area contributed by atoms with Gasteiger partial charge in [0.15, 0.2) is 0 Å². The first-order valence-corrected chi connectivity index (χ1v) is 7.25. The molecule has 0 unspecified atom stereocenters. The zero-order valence-electron chi connectivity index (χ0n) is 11.0. The molecule has 1 amide bonds. The van der Waals surface area contributed by atoms with E-state index in [4.69, 9.17) is 23.2 Å².